The molecule has 1 saturated heterocycles. The van der Waals surface area contributed by atoms with Gasteiger partial charge in [-0.1, -0.05) is 164 Å². The summed E-state index contributed by atoms with van der Waals surface area (Å²) in [4.78, 5) is 0. The molecular formula is C50H49ClO6. The van der Waals surface area contributed by atoms with Crippen molar-refractivity contribution >= 4 is 11.6 Å². The summed E-state index contributed by atoms with van der Waals surface area (Å²) < 4.78 is 41.6. The van der Waals surface area contributed by atoms with Crippen molar-refractivity contribution in [3.8, 4) is 5.75 Å². The smallest absolute Gasteiger partial charge is 0.160 e. The van der Waals surface area contributed by atoms with Gasteiger partial charge < -0.3 is 28.4 Å². The number of fused-ring (bicyclic) bond motifs is 2. The Morgan fingerprint density at radius 1 is 0.579 bits per heavy atom. The molecular weight excluding hydrogens is 732 g/mol. The van der Waals surface area contributed by atoms with E-state index in [4.69, 9.17) is 40.0 Å². The van der Waals surface area contributed by atoms with E-state index in [1.807, 2.05) is 78.9 Å². The Bertz CT molecular complexity index is 2150. The minimum absolute atomic E-state index is 0.207. The first kappa shape index (κ1) is 39.1. The molecule has 57 heavy (non-hydrogen) atoms. The maximum Gasteiger partial charge on any atom is 0.160 e. The molecule has 0 aromatic heterocycles. The third-order valence-electron chi connectivity index (χ3n) is 10.9. The van der Waals surface area contributed by atoms with Crippen molar-refractivity contribution in [1.82, 2.24) is 0 Å². The fourth-order valence-electron chi connectivity index (χ4n) is 7.85. The molecule has 6 aromatic carbocycles. The lowest BCUT2D eigenvalue weighted by molar-refractivity contribution is -0.314. The lowest BCUT2D eigenvalue weighted by atomic mass is 9.79. The Kier molecular flexibility index (Phi) is 12.8. The Hall–Kier alpha value is -4.79. The predicted molar refractivity (Wildman–Crippen MR) is 223 cm³/mol. The van der Waals surface area contributed by atoms with Crippen LogP contribution in [0.2, 0.25) is 5.02 Å². The molecule has 2 aliphatic rings. The lowest BCUT2D eigenvalue weighted by Crippen LogP contribution is -2.66. The number of halogens is 1. The summed E-state index contributed by atoms with van der Waals surface area (Å²) in [7, 11) is 0. The van der Waals surface area contributed by atoms with E-state index in [2.05, 4.69) is 85.8 Å². The van der Waals surface area contributed by atoms with Crippen molar-refractivity contribution in [1.29, 1.82) is 0 Å². The van der Waals surface area contributed by atoms with E-state index < -0.39 is 30.0 Å². The third-order valence-corrected chi connectivity index (χ3v) is 11.3. The van der Waals surface area contributed by atoms with Gasteiger partial charge in [-0.2, -0.15) is 0 Å². The highest BCUT2D eigenvalue weighted by Crippen LogP contribution is 2.51. The third kappa shape index (κ3) is 9.34. The minimum Gasteiger partial charge on any atom is -0.490 e. The van der Waals surface area contributed by atoms with Crippen LogP contribution in [0.3, 0.4) is 0 Å². The highest BCUT2D eigenvalue weighted by Gasteiger charge is 2.61. The zero-order valence-electron chi connectivity index (χ0n) is 32.3. The second-order valence-corrected chi connectivity index (χ2v) is 15.3. The van der Waals surface area contributed by atoms with E-state index in [-0.39, 0.29) is 13.2 Å². The quantitative estimate of drug-likeness (QED) is 0.0975. The first-order valence-corrected chi connectivity index (χ1v) is 20.3. The molecule has 5 atom stereocenters. The molecule has 292 valence electrons. The van der Waals surface area contributed by atoms with Crippen molar-refractivity contribution in [3.63, 3.8) is 0 Å². The number of hydrogen-bond donors (Lipinski definition) is 0. The van der Waals surface area contributed by atoms with Crippen LogP contribution in [-0.4, -0.2) is 37.6 Å². The molecule has 7 heteroatoms. The average molecular weight is 781 g/mol. The van der Waals surface area contributed by atoms with Crippen molar-refractivity contribution in [2.75, 3.05) is 13.2 Å². The molecule has 0 N–H and O–H groups in total. The highest BCUT2D eigenvalue weighted by molar-refractivity contribution is 6.31. The zero-order chi connectivity index (χ0) is 38.9. The number of rotatable bonds is 16. The van der Waals surface area contributed by atoms with Crippen molar-refractivity contribution in [2.45, 2.75) is 76.2 Å². The lowest BCUT2D eigenvalue weighted by Gasteiger charge is -2.51. The van der Waals surface area contributed by atoms with E-state index in [1.54, 1.807) is 0 Å². The van der Waals surface area contributed by atoms with Crippen LogP contribution in [0.1, 0.15) is 51.4 Å². The topological polar surface area (TPSA) is 55.4 Å². The largest absolute Gasteiger partial charge is 0.490 e. The van der Waals surface area contributed by atoms with Gasteiger partial charge in [-0.15, -0.1) is 0 Å². The van der Waals surface area contributed by atoms with Gasteiger partial charge in [-0.3, -0.25) is 0 Å². The fourth-order valence-corrected chi connectivity index (χ4v) is 8.07. The maximum atomic E-state index is 7.44. The maximum absolute atomic E-state index is 7.44. The molecule has 0 amide bonds. The fraction of sp³-hybridized carbons (Fsp3) is 0.280. The molecule has 6 aromatic rings. The van der Waals surface area contributed by atoms with Crippen LogP contribution in [-0.2, 0) is 68.6 Å². The molecule has 0 aliphatic carbocycles. The molecule has 2 aliphatic heterocycles. The van der Waals surface area contributed by atoms with Gasteiger partial charge in [0.15, 0.2) is 5.60 Å². The van der Waals surface area contributed by atoms with Gasteiger partial charge in [-0.25, -0.2) is 0 Å². The van der Waals surface area contributed by atoms with Gasteiger partial charge >= 0.3 is 0 Å². The zero-order valence-corrected chi connectivity index (χ0v) is 33.1. The summed E-state index contributed by atoms with van der Waals surface area (Å²) in [6.07, 6.45) is -0.712. The monoisotopic (exact) mass is 780 g/mol. The minimum atomic E-state index is -1.08. The Balaban J connectivity index is 1.21. The second kappa shape index (κ2) is 18.6. The van der Waals surface area contributed by atoms with Crippen LogP contribution < -0.4 is 4.74 Å². The summed E-state index contributed by atoms with van der Waals surface area (Å²) in [5.74, 6) is 0.674. The van der Waals surface area contributed by atoms with Crippen LogP contribution in [0.25, 0.3) is 0 Å². The van der Waals surface area contributed by atoms with Gasteiger partial charge in [-0.05, 0) is 63.9 Å². The van der Waals surface area contributed by atoms with E-state index in [1.165, 1.54) is 11.1 Å². The first-order chi connectivity index (χ1) is 28.1. The standard InChI is InChI=1S/C50H49ClO6/c1-2-36-23-25-37(26-24-36)27-42-28-43-45(29-44(42)51)56-35-50(43)49(55-33-41-21-13-6-14-22-41)48(54-32-40-19-11-5-12-20-40)47(53-31-39-17-9-4-10-18-39)46(57-50)34-52-30-38-15-7-3-8-16-38/h3-26,28-29,46-49H,2,27,30-35H2,1H3/t46-,47-,48+,49-,50+/m1/s1. The molecule has 0 saturated carbocycles. The summed E-state index contributed by atoms with van der Waals surface area (Å²) >= 11 is 7.03. The summed E-state index contributed by atoms with van der Waals surface area (Å²) in [5.41, 5.74) is 7.47. The van der Waals surface area contributed by atoms with Crippen LogP contribution in [0.4, 0.5) is 0 Å². The van der Waals surface area contributed by atoms with Gasteiger partial charge in [0.05, 0.1) is 33.0 Å². The second-order valence-electron chi connectivity index (χ2n) is 14.9. The number of benzene rings is 6. The summed E-state index contributed by atoms with van der Waals surface area (Å²) in [6, 6.07) is 53.6. The van der Waals surface area contributed by atoms with Crippen LogP contribution in [0.5, 0.6) is 5.75 Å². The van der Waals surface area contributed by atoms with Crippen LogP contribution >= 0.6 is 11.6 Å². The van der Waals surface area contributed by atoms with Crippen molar-refractivity contribution in [3.05, 3.63) is 207 Å². The number of aryl methyl sites for hydroxylation is 1. The Morgan fingerprint density at radius 3 is 1.65 bits per heavy atom. The van der Waals surface area contributed by atoms with E-state index in [0.29, 0.717) is 43.6 Å². The predicted octanol–water partition coefficient (Wildman–Crippen LogP) is 10.5. The Labute approximate surface area is 341 Å². The van der Waals surface area contributed by atoms with E-state index in [0.717, 1.165) is 39.8 Å². The SMILES string of the molecule is CCc1ccc(Cc2cc3c(cc2Cl)OC[C@]32O[C@H](COCc3ccccc3)[C@@H](OCc3ccccc3)[C@H](OCc3ccccc3)[C@H]2OCc2ccccc2)cc1. The average Bonchev–Trinajstić information content (AvgIpc) is 3.60. The molecule has 6 nitrogen and oxygen atoms in total. The molecule has 8 rings (SSSR count). The van der Waals surface area contributed by atoms with E-state index in [9.17, 15) is 0 Å². The number of ether oxygens (including phenoxy) is 6. The van der Waals surface area contributed by atoms with Crippen molar-refractivity contribution in [2.24, 2.45) is 0 Å². The van der Waals surface area contributed by atoms with Crippen molar-refractivity contribution < 1.29 is 28.4 Å². The van der Waals surface area contributed by atoms with Crippen LogP contribution in [0.15, 0.2) is 158 Å². The normalized spacial score (nSPS) is 21.3. The Morgan fingerprint density at radius 2 is 1.09 bits per heavy atom. The van der Waals surface area contributed by atoms with Gasteiger partial charge in [0.1, 0.15) is 36.8 Å². The highest BCUT2D eigenvalue weighted by atomic mass is 35.5. The molecule has 0 radical (unpaired) electrons. The summed E-state index contributed by atoms with van der Waals surface area (Å²) in [6.45, 7) is 4.10. The van der Waals surface area contributed by atoms with Gasteiger partial charge in [0.2, 0.25) is 0 Å². The van der Waals surface area contributed by atoms with Gasteiger partial charge in [0.25, 0.3) is 0 Å². The first-order valence-electron chi connectivity index (χ1n) is 19.9. The summed E-state index contributed by atoms with van der Waals surface area (Å²) in [5, 5.41) is 0.645. The van der Waals surface area contributed by atoms with Crippen LogP contribution in [0, 0.1) is 0 Å². The van der Waals surface area contributed by atoms with Gasteiger partial charge in [0, 0.05) is 10.6 Å². The molecule has 1 fully saturated rings. The molecule has 0 unspecified atom stereocenters. The van der Waals surface area contributed by atoms with E-state index >= 15 is 0 Å². The molecule has 0 bridgehead atoms. The molecule has 2 heterocycles. The molecule has 1 spiro atoms. The number of hydrogen-bond acceptors (Lipinski definition) is 6.